The summed E-state index contributed by atoms with van der Waals surface area (Å²) in [6.07, 6.45) is 0. The van der Waals surface area contributed by atoms with Crippen molar-refractivity contribution in [2.45, 2.75) is 12.2 Å². The van der Waals surface area contributed by atoms with E-state index in [0.29, 0.717) is 0 Å². The van der Waals surface area contributed by atoms with Gasteiger partial charge in [-0.3, -0.25) is 4.79 Å². The van der Waals surface area contributed by atoms with Gasteiger partial charge in [0.2, 0.25) is 0 Å². The van der Waals surface area contributed by atoms with Crippen molar-refractivity contribution < 1.29 is 4.79 Å². The highest BCUT2D eigenvalue weighted by atomic mass is 32.2. The highest BCUT2D eigenvalue weighted by Gasteiger charge is 2.22. The van der Waals surface area contributed by atoms with Gasteiger partial charge in [-0.25, -0.2) is 0 Å². The minimum atomic E-state index is 0.248. The van der Waals surface area contributed by atoms with E-state index in [1.807, 2.05) is 11.8 Å². The highest BCUT2D eigenvalue weighted by molar-refractivity contribution is 8.15. The molecule has 0 aromatic heterocycles. The van der Waals surface area contributed by atoms with Crippen LogP contribution in [0.2, 0.25) is 0 Å². The van der Waals surface area contributed by atoms with Crippen molar-refractivity contribution in [3.05, 3.63) is 0 Å². The van der Waals surface area contributed by atoms with E-state index >= 15 is 0 Å². The molecule has 1 saturated heterocycles. The molecule has 46 valence electrons. The molecule has 0 aromatic carbocycles. The third-order valence-electron chi connectivity index (χ3n) is 0.875. The van der Waals surface area contributed by atoms with Gasteiger partial charge in [0, 0.05) is 23.7 Å². The lowest BCUT2D eigenvalue weighted by Crippen LogP contribution is -1.90. The summed E-state index contributed by atoms with van der Waals surface area (Å²) >= 11 is 3.38. The van der Waals surface area contributed by atoms with Crippen LogP contribution >= 0.6 is 23.5 Å². The van der Waals surface area contributed by atoms with Gasteiger partial charge in [0.05, 0.1) is 0 Å². The van der Waals surface area contributed by atoms with Gasteiger partial charge in [-0.05, 0) is 0 Å². The van der Waals surface area contributed by atoms with Gasteiger partial charge in [0.25, 0.3) is 0 Å². The fourth-order valence-electron chi connectivity index (χ4n) is 0.375. The Labute approximate surface area is 57.6 Å². The summed E-state index contributed by atoms with van der Waals surface area (Å²) in [5.41, 5.74) is 0. The Bertz CT molecular complexity index is 98.6. The van der Waals surface area contributed by atoms with Crippen LogP contribution in [0.3, 0.4) is 0 Å². The van der Waals surface area contributed by atoms with Gasteiger partial charge >= 0.3 is 0 Å². The molecule has 1 nitrogen and oxygen atoms in total. The van der Waals surface area contributed by atoms with Crippen molar-refractivity contribution in [1.29, 1.82) is 0 Å². The molecule has 0 aliphatic carbocycles. The van der Waals surface area contributed by atoms with Crippen molar-refractivity contribution >= 4 is 28.6 Å². The van der Waals surface area contributed by atoms with Crippen molar-refractivity contribution in [2.75, 3.05) is 11.5 Å². The lowest BCUT2D eigenvalue weighted by Gasteiger charge is -1.87. The van der Waals surface area contributed by atoms with Gasteiger partial charge < -0.3 is 0 Å². The molecule has 1 aliphatic heterocycles. The summed E-state index contributed by atoms with van der Waals surface area (Å²) in [6.45, 7) is 1.62. The van der Waals surface area contributed by atoms with Crippen LogP contribution in [0.1, 0.15) is 6.92 Å². The summed E-state index contributed by atoms with van der Waals surface area (Å²) in [6, 6.07) is 0. The molecule has 1 heterocycles. The molecule has 1 unspecified atom stereocenters. The number of carbonyl (C=O) groups excluding carboxylic acids is 1. The minimum Gasteiger partial charge on any atom is -0.288 e. The van der Waals surface area contributed by atoms with Crippen LogP contribution in [0.4, 0.5) is 0 Å². The van der Waals surface area contributed by atoms with Crippen molar-refractivity contribution in [3.8, 4) is 0 Å². The molecule has 3 heteroatoms. The number of thioether (sulfide) groups is 2. The second-order valence-electron chi connectivity index (χ2n) is 1.76. The zero-order valence-electron chi connectivity index (χ0n) is 4.72. The monoisotopic (exact) mass is 148 g/mol. The van der Waals surface area contributed by atoms with Crippen LogP contribution in [-0.4, -0.2) is 21.9 Å². The Morgan fingerprint density at radius 2 is 2.62 bits per heavy atom. The molecule has 0 amide bonds. The summed E-state index contributed by atoms with van der Waals surface area (Å²) in [4.78, 5) is 10.3. The summed E-state index contributed by atoms with van der Waals surface area (Å²) < 4.78 is 0. The molecular formula is C5H8OS2. The van der Waals surface area contributed by atoms with Gasteiger partial charge in [0.15, 0.2) is 5.12 Å². The van der Waals surface area contributed by atoms with E-state index < -0.39 is 0 Å². The first-order chi connectivity index (χ1) is 3.79. The van der Waals surface area contributed by atoms with E-state index in [9.17, 15) is 4.79 Å². The van der Waals surface area contributed by atoms with Crippen LogP contribution in [0.15, 0.2) is 0 Å². The van der Waals surface area contributed by atoms with Crippen LogP contribution in [0.5, 0.6) is 0 Å². The topological polar surface area (TPSA) is 17.1 Å². The first-order valence-electron chi connectivity index (χ1n) is 2.54. The van der Waals surface area contributed by atoms with E-state index in [2.05, 4.69) is 0 Å². The van der Waals surface area contributed by atoms with Crippen LogP contribution in [0, 0.1) is 0 Å². The minimum absolute atomic E-state index is 0.248. The zero-order valence-corrected chi connectivity index (χ0v) is 6.35. The lowest BCUT2D eigenvalue weighted by molar-refractivity contribution is -0.109. The largest absolute Gasteiger partial charge is 0.288 e. The van der Waals surface area contributed by atoms with Crippen molar-refractivity contribution in [1.82, 2.24) is 0 Å². The fraction of sp³-hybridized carbons (Fsp3) is 0.800. The van der Waals surface area contributed by atoms with E-state index in [0.717, 1.165) is 11.0 Å². The van der Waals surface area contributed by atoms with Gasteiger partial charge in [-0.1, -0.05) is 11.8 Å². The lowest BCUT2D eigenvalue weighted by atomic mass is 10.6. The summed E-state index contributed by atoms with van der Waals surface area (Å²) in [5, 5.41) is 1.04. The molecule has 1 rings (SSSR count). The maximum Gasteiger partial charge on any atom is 0.185 e. The quantitative estimate of drug-likeness (QED) is 0.551. The van der Waals surface area contributed by atoms with Crippen LogP contribution in [0.25, 0.3) is 0 Å². The molecule has 0 saturated carbocycles. The summed E-state index contributed by atoms with van der Waals surface area (Å²) in [5.74, 6) is 2.29. The fourth-order valence-corrected chi connectivity index (χ4v) is 1.91. The third-order valence-corrected chi connectivity index (χ3v) is 3.03. The molecular weight excluding hydrogens is 140 g/mol. The molecule has 0 spiro atoms. The summed E-state index contributed by atoms with van der Waals surface area (Å²) in [7, 11) is 0. The van der Waals surface area contributed by atoms with Crippen LogP contribution in [-0.2, 0) is 4.79 Å². The Balaban J connectivity index is 1.95. The van der Waals surface area contributed by atoms with Crippen LogP contribution < -0.4 is 0 Å². The first-order valence-corrected chi connectivity index (χ1v) is 4.57. The van der Waals surface area contributed by atoms with E-state index in [1.54, 1.807) is 6.92 Å². The molecule has 1 fully saturated rings. The molecule has 0 aromatic rings. The SMILES string of the molecule is CC(=O)SCC1CS1. The van der Waals surface area contributed by atoms with E-state index in [4.69, 9.17) is 0 Å². The number of hydrogen-bond donors (Lipinski definition) is 0. The first kappa shape index (κ1) is 6.49. The average molecular weight is 148 g/mol. The smallest absolute Gasteiger partial charge is 0.185 e. The maximum atomic E-state index is 10.3. The second-order valence-corrected chi connectivity index (χ2v) is 4.29. The molecule has 1 aliphatic rings. The van der Waals surface area contributed by atoms with Gasteiger partial charge in [-0.2, -0.15) is 11.8 Å². The predicted molar refractivity (Wildman–Crippen MR) is 39.4 cm³/mol. The molecule has 0 N–H and O–H groups in total. The van der Waals surface area contributed by atoms with E-state index in [1.165, 1.54) is 17.5 Å². The molecule has 0 radical (unpaired) electrons. The third kappa shape index (κ3) is 2.62. The second kappa shape index (κ2) is 2.78. The van der Waals surface area contributed by atoms with Gasteiger partial charge in [-0.15, -0.1) is 0 Å². The molecule has 8 heavy (non-hydrogen) atoms. The molecule has 1 atom stereocenters. The normalized spacial score (nSPS) is 25.4. The number of hydrogen-bond acceptors (Lipinski definition) is 3. The number of rotatable bonds is 2. The highest BCUT2D eigenvalue weighted by Crippen LogP contribution is 2.32. The zero-order chi connectivity index (χ0) is 5.98. The maximum absolute atomic E-state index is 10.3. The van der Waals surface area contributed by atoms with Crippen molar-refractivity contribution in [3.63, 3.8) is 0 Å². The Morgan fingerprint density at radius 3 is 3.00 bits per heavy atom. The average Bonchev–Trinajstić information content (AvgIpc) is 2.41. The Morgan fingerprint density at radius 1 is 2.00 bits per heavy atom. The Hall–Kier alpha value is 0.370. The predicted octanol–water partition coefficient (Wildman–Crippen LogP) is 1.38. The van der Waals surface area contributed by atoms with Crippen molar-refractivity contribution in [2.24, 2.45) is 0 Å². The number of carbonyl (C=O) groups is 1. The standard InChI is InChI=1S/C5H8OS2/c1-4(6)7-2-5-3-8-5/h5H,2-3H2,1H3. The van der Waals surface area contributed by atoms with E-state index in [-0.39, 0.29) is 5.12 Å². The molecule has 0 bridgehead atoms. The van der Waals surface area contributed by atoms with Gasteiger partial charge in [0.1, 0.15) is 0 Å². The Kier molecular flexibility index (Phi) is 2.26.